The van der Waals surface area contributed by atoms with Crippen LogP contribution in [0.4, 0.5) is 0 Å². The average molecular weight is 279 g/mol. The highest BCUT2D eigenvalue weighted by molar-refractivity contribution is 6.31. The minimum Gasteiger partial charge on any atom is -0.481 e. The molecule has 0 radical (unpaired) electrons. The second kappa shape index (κ2) is 5.16. The molecule has 0 bridgehead atoms. The molecule has 0 saturated heterocycles. The van der Waals surface area contributed by atoms with Gasteiger partial charge >= 0.3 is 5.97 Å². The van der Waals surface area contributed by atoms with Gasteiger partial charge in [0.2, 0.25) is 0 Å². The highest BCUT2D eigenvalue weighted by atomic mass is 35.5. The fourth-order valence-corrected chi connectivity index (χ4v) is 4.30. The Bertz CT molecular complexity index is 492. The Kier molecular flexibility index (Phi) is 3.53. The van der Waals surface area contributed by atoms with Crippen LogP contribution >= 0.6 is 11.6 Å². The van der Waals surface area contributed by atoms with Crippen molar-refractivity contribution in [3.8, 4) is 0 Å². The second-order valence-electron chi connectivity index (χ2n) is 5.86. The standard InChI is InChI=1S/C16H19ClO2/c17-14-7-3-6-12-11(14)8-9-13(16(18)19)15(12)10-4-1-2-5-10/h3,6-7,10,13,15H,1-2,4-5,8-9H2,(H,18,19). The van der Waals surface area contributed by atoms with Crippen molar-refractivity contribution in [2.45, 2.75) is 44.4 Å². The Balaban J connectivity index is 2.04. The molecule has 0 heterocycles. The summed E-state index contributed by atoms with van der Waals surface area (Å²) in [4.78, 5) is 11.6. The van der Waals surface area contributed by atoms with Crippen molar-refractivity contribution in [3.63, 3.8) is 0 Å². The number of aliphatic carboxylic acids is 1. The SMILES string of the molecule is O=C(O)C1CCc2c(Cl)cccc2C1C1CCCC1. The number of hydrogen-bond acceptors (Lipinski definition) is 1. The summed E-state index contributed by atoms with van der Waals surface area (Å²) in [6.45, 7) is 0. The van der Waals surface area contributed by atoms with Crippen LogP contribution in [-0.2, 0) is 11.2 Å². The summed E-state index contributed by atoms with van der Waals surface area (Å²) in [7, 11) is 0. The van der Waals surface area contributed by atoms with Gasteiger partial charge in [-0.25, -0.2) is 0 Å². The van der Waals surface area contributed by atoms with Crippen LogP contribution in [0.25, 0.3) is 0 Å². The molecule has 3 rings (SSSR count). The van der Waals surface area contributed by atoms with Gasteiger partial charge in [0.25, 0.3) is 0 Å². The molecule has 2 nitrogen and oxygen atoms in total. The molecule has 1 saturated carbocycles. The van der Waals surface area contributed by atoms with Crippen LogP contribution in [0.1, 0.15) is 49.1 Å². The van der Waals surface area contributed by atoms with Crippen LogP contribution in [-0.4, -0.2) is 11.1 Å². The second-order valence-corrected chi connectivity index (χ2v) is 6.27. The lowest BCUT2D eigenvalue weighted by atomic mass is 9.68. The quantitative estimate of drug-likeness (QED) is 0.877. The Morgan fingerprint density at radius 2 is 1.95 bits per heavy atom. The van der Waals surface area contributed by atoms with Gasteiger partial charge in [-0.3, -0.25) is 4.79 Å². The lowest BCUT2D eigenvalue weighted by Crippen LogP contribution is -2.31. The van der Waals surface area contributed by atoms with E-state index in [4.69, 9.17) is 11.6 Å². The number of benzene rings is 1. The van der Waals surface area contributed by atoms with Crippen molar-refractivity contribution in [2.75, 3.05) is 0 Å². The van der Waals surface area contributed by atoms with E-state index in [1.807, 2.05) is 12.1 Å². The predicted molar refractivity (Wildman–Crippen MR) is 75.6 cm³/mol. The molecule has 102 valence electrons. The largest absolute Gasteiger partial charge is 0.481 e. The van der Waals surface area contributed by atoms with Crippen LogP contribution in [0, 0.1) is 11.8 Å². The fraction of sp³-hybridized carbons (Fsp3) is 0.562. The molecule has 2 aliphatic rings. The number of hydrogen-bond donors (Lipinski definition) is 1. The lowest BCUT2D eigenvalue weighted by Gasteiger charge is -2.35. The summed E-state index contributed by atoms with van der Waals surface area (Å²) in [5.74, 6) is -0.169. The van der Waals surface area contributed by atoms with Gasteiger partial charge in [-0.15, -0.1) is 0 Å². The third kappa shape index (κ3) is 2.27. The Labute approximate surface area is 118 Å². The van der Waals surface area contributed by atoms with Gasteiger partial charge in [-0.05, 0) is 48.8 Å². The van der Waals surface area contributed by atoms with Crippen molar-refractivity contribution in [3.05, 3.63) is 34.3 Å². The molecular formula is C16H19ClO2. The van der Waals surface area contributed by atoms with E-state index in [9.17, 15) is 9.90 Å². The molecule has 3 heteroatoms. The van der Waals surface area contributed by atoms with Gasteiger partial charge in [-0.2, -0.15) is 0 Å². The van der Waals surface area contributed by atoms with Crippen molar-refractivity contribution < 1.29 is 9.90 Å². The highest BCUT2D eigenvalue weighted by Gasteiger charge is 2.40. The van der Waals surface area contributed by atoms with E-state index >= 15 is 0 Å². The summed E-state index contributed by atoms with van der Waals surface area (Å²) in [5.41, 5.74) is 2.40. The molecule has 1 aromatic carbocycles. The summed E-state index contributed by atoms with van der Waals surface area (Å²) < 4.78 is 0. The molecule has 0 aromatic heterocycles. The molecule has 0 amide bonds. The number of carbonyl (C=O) groups is 1. The number of rotatable bonds is 2. The topological polar surface area (TPSA) is 37.3 Å². The Morgan fingerprint density at radius 3 is 2.63 bits per heavy atom. The molecule has 2 unspecified atom stereocenters. The smallest absolute Gasteiger partial charge is 0.307 e. The Hall–Kier alpha value is -1.02. The minimum atomic E-state index is -0.637. The lowest BCUT2D eigenvalue weighted by molar-refractivity contribution is -0.143. The number of halogens is 1. The van der Waals surface area contributed by atoms with E-state index in [2.05, 4.69) is 6.07 Å². The van der Waals surface area contributed by atoms with Crippen LogP contribution in [0.3, 0.4) is 0 Å². The first kappa shape index (κ1) is 13.0. The van der Waals surface area contributed by atoms with E-state index in [1.54, 1.807) is 0 Å². The summed E-state index contributed by atoms with van der Waals surface area (Å²) in [5, 5.41) is 10.3. The van der Waals surface area contributed by atoms with Gasteiger partial charge in [0.1, 0.15) is 0 Å². The van der Waals surface area contributed by atoms with E-state index in [1.165, 1.54) is 36.8 Å². The first-order valence-corrected chi connectivity index (χ1v) is 7.56. The maximum atomic E-state index is 11.6. The number of carboxylic acid groups (broad SMARTS) is 1. The summed E-state index contributed by atoms with van der Waals surface area (Å²) in [6.07, 6.45) is 6.34. The first-order chi connectivity index (χ1) is 9.18. The van der Waals surface area contributed by atoms with Gasteiger partial charge in [0.05, 0.1) is 5.92 Å². The number of carboxylic acids is 1. The molecule has 0 spiro atoms. The molecule has 0 aliphatic heterocycles. The molecule has 1 N–H and O–H groups in total. The zero-order chi connectivity index (χ0) is 13.4. The van der Waals surface area contributed by atoms with Crippen LogP contribution in [0.5, 0.6) is 0 Å². The van der Waals surface area contributed by atoms with Gasteiger partial charge in [-0.1, -0.05) is 36.6 Å². The van der Waals surface area contributed by atoms with Gasteiger partial charge in [0.15, 0.2) is 0 Å². The maximum absolute atomic E-state index is 11.6. The monoisotopic (exact) mass is 278 g/mol. The molecule has 19 heavy (non-hydrogen) atoms. The average Bonchev–Trinajstić information content (AvgIpc) is 2.91. The zero-order valence-corrected chi connectivity index (χ0v) is 11.7. The third-order valence-corrected chi connectivity index (χ3v) is 5.23. The van der Waals surface area contributed by atoms with Crippen molar-refractivity contribution in [1.29, 1.82) is 0 Å². The normalized spacial score (nSPS) is 27.2. The van der Waals surface area contributed by atoms with Gasteiger partial charge < -0.3 is 5.11 Å². The molecule has 2 aliphatic carbocycles. The van der Waals surface area contributed by atoms with Gasteiger partial charge in [0, 0.05) is 10.9 Å². The molecule has 2 atom stereocenters. The van der Waals surface area contributed by atoms with Crippen molar-refractivity contribution in [1.82, 2.24) is 0 Å². The fourth-order valence-electron chi connectivity index (χ4n) is 4.02. The van der Waals surface area contributed by atoms with E-state index < -0.39 is 5.97 Å². The highest BCUT2D eigenvalue weighted by Crippen LogP contribution is 2.48. The van der Waals surface area contributed by atoms with E-state index in [-0.39, 0.29) is 11.8 Å². The maximum Gasteiger partial charge on any atom is 0.307 e. The molecule has 1 aromatic rings. The Morgan fingerprint density at radius 1 is 1.21 bits per heavy atom. The summed E-state index contributed by atoms with van der Waals surface area (Å²) in [6, 6.07) is 5.99. The molecule has 1 fully saturated rings. The van der Waals surface area contributed by atoms with Crippen LogP contribution in [0.15, 0.2) is 18.2 Å². The first-order valence-electron chi connectivity index (χ1n) is 7.18. The van der Waals surface area contributed by atoms with Crippen LogP contribution < -0.4 is 0 Å². The van der Waals surface area contributed by atoms with E-state index in [0.717, 1.165) is 17.9 Å². The molecular weight excluding hydrogens is 260 g/mol. The van der Waals surface area contributed by atoms with Crippen molar-refractivity contribution in [2.24, 2.45) is 11.8 Å². The zero-order valence-electron chi connectivity index (χ0n) is 10.9. The number of fused-ring (bicyclic) bond motifs is 1. The van der Waals surface area contributed by atoms with E-state index in [0.29, 0.717) is 5.92 Å². The summed E-state index contributed by atoms with van der Waals surface area (Å²) >= 11 is 6.29. The third-order valence-electron chi connectivity index (χ3n) is 4.88. The van der Waals surface area contributed by atoms with Crippen LogP contribution in [0.2, 0.25) is 5.02 Å². The predicted octanol–water partition coefficient (Wildman–Crippen LogP) is 4.26. The minimum absolute atomic E-state index is 0.169. The van der Waals surface area contributed by atoms with Crippen molar-refractivity contribution >= 4 is 17.6 Å².